The number of nitrogens with zero attached hydrogens (tertiary/aromatic N) is 2. The number of hydrogen-bond acceptors (Lipinski definition) is 7. The number of rotatable bonds is 4. The summed E-state index contributed by atoms with van der Waals surface area (Å²) in [6.07, 6.45) is 0.0870. The molecule has 1 aromatic carbocycles. The van der Waals surface area contributed by atoms with Crippen molar-refractivity contribution in [3.8, 4) is 11.5 Å². The molecule has 2 aromatic rings. The van der Waals surface area contributed by atoms with Crippen molar-refractivity contribution in [2.24, 2.45) is 0 Å². The zero-order valence-corrected chi connectivity index (χ0v) is 15.0. The number of piperazine rings is 1. The predicted octanol–water partition coefficient (Wildman–Crippen LogP) is 0.625. The first-order valence-corrected chi connectivity index (χ1v) is 9.16. The number of carbonyl (C=O) groups excluding carboxylic acids is 3. The van der Waals surface area contributed by atoms with Crippen molar-refractivity contribution < 1.29 is 23.9 Å². The Labute approximate surface area is 158 Å². The molecule has 0 saturated carbocycles. The molecule has 4 rings (SSSR count). The molecule has 27 heavy (non-hydrogen) atoms. The molecule has 140 valence electrons. The lowest BCUT2D eigenvalue weighted by Crippen LogP contribution is -2.50. The molecule has 2 aliphatic heterocycles. The highest BCUT2D eigenvalue weighted by Crippen LogP contribution is 2.32. The summed E-state index contributed by atoms with van der Waals surface area (Å²) < 4.78 is 10.5. The number of hydrogen-bond donors (Lipinski definition) is 2. The van der Waals surface area contributed by atoms with Gasteiger partial charge in [-0.15, -0.1) is 11.3 Å². The molecular weight excluding hydrogens is 372 g/mol. The van der Waals surface area contributed by atoms with Crippen LogP contribution in [0.1, 0.15) is 16.1 Å². The quantitative estimate of drug-likeness (QED) is 0.795. The van der Waals surface area contributed by atoms with Gasteiger partial charge in [-0.05, 0) is 18.2 Å². The van der Waals surface area contributed by atoms with Crippen LogP contribution in [-0.2, 0) is 16.0 Å². The summed E-state index contributed by atoms with van der Waals surface area (Å²) >= 11 is 1.24. The Balaban J connectivity index is 1.37. The van der Waals surface area contributed by atoms with Crippen molar-refractivity contribution in [1.29, 1.82) is 0 Å². The number of thiazole rings is 1. The van der Waals surface area contributed by atoms with Gasteiger partial charge in [0.05, 0.1) is 18.7 Å². The number of carbonyl (C=O) groups is 3. The van der Waals surface area contributed by atoms with Crippen LogP contribution in [0, 0.1) is 0 Å². The highest BCUT2D eigenvalue weighted by atomic mass is 32.1. The minimum Gasteiger partial charge on any atom is -0.454 e. The van der Waals surface area contributed by atoms with Gasteiger partial charge in [0.2, 0.25) is 18.6 Å². The molecule has 3 heterocycles. The van der Waals surface area contributed by atoms with Crippen LogP contribution in [0.15, 0.2) is 23.6 Å². The fourth-order valence-corrected chi connectivity index (χ4v) is 3.48. The highest BCUT2D eigenvalue weighted by molar-refractivity contribution is 7.14. The van der Waals surface area contributed by atoms with Crippen molar-refractivity contribution in [3.05, 3.63) is 34.8 Å². The molecule has 0 atom stereocenters. The van der Waals surface area contributed by atoms with E-state index in [2.05, 4.69) is 15.6 Å². The Morgan fingerprint density at radius 2 is 2.15 bits per heavy atom. The number of anilines is 1. The van der Waals surface area contributed by atoms with Crippen molar-refractivity contribution in [2.75, 3.05) is 31.7 Å². The number of fused-ring (bicyclic) bond motifs is 1. The van der Waals surface area contributed by atoms with E-state index in [1.54, 1.807) is 23.6 Å². The van der Waals surface area contributed by atoms with E-state index >= 15 is 0 Å². The Morgan fingerprint density at radius 3 is 3.00 bits per heavy atom. The maximum absolute atomic E-state index is 12.4. The van der Waals surface area contributed by atoms with E-state index in [-0.39, 0.29) is 37.5 Å². The Morgan fingerprint density at radius 1 is 1.30 bits per heavy atom. The first-order chi connectivity index (χ1) is 13.1. The smallest absolute Gasteiger partial charge is 0.257 e. The summed E-state index contributed by atoms with van der Waals surface area (Å²) in [5.74, 6) is 0.480. The molecule has 1 aromatic heterocycles. The topological polar surface area (TPSA) is 110 Å². The Kier molecular flexibility index (Phi) is 4.63. The average Bonchev–Trinajstić information content (AvgIpc) is 3.30. The fourth-order valence-electron chi connectivity index (χ4n) is 2.77. The minimum atomic E-state index is -0.326. The lowest BCUT2D eigenvalue weighted by Gasteiger charge is -2.26. The largest absolute Gasteiger partial charge is 0.454 e. The third kappa shape index (κ3) is 3.85. The summed E-state index contributed by atoms with van der Waals surface area (Å²) in [5.41, 5.74) is 0.975. The van der Waals surface area contributed by atoms with Gasteiger partial charge in [-0.25, -0.2) is 4.98 Å². The van der Waals surface area contributed by atoms with Gasteiger partial charge >= 0.3 is 0 Å². The monoisotopic (exact) mass is 388 g/mol. The molecule has 9 nitrogen and oxygen atoms in total. The van der Waals surface area contributed by atoms with Gasteiger partial charge in [-0.3, -0.25) is 19.7 Å². The molecule has 0 radical (unpaired) electrons. The number of ether oxygens (including phenoxy) is 2. The SMILES string of the molecule is O=C1CN(C(=O)Cc2csc(NC(=O)c3ccc4c(c3)OCO4)n2)CCN1. The first kappa shape index (κ1) is 17.3. The van der Waals surface area contributed by atoms with E-state index in [0.717, 1.165) is 0 Å². The van der Waals surface area contributed by atoms with E-state index in [0.29, 0.717) is 41.0 Å². The molecule has 0 bridgehead atoms. The van der Waals surface area contributed by atoms with Crippen LogP contribution in [0.25, 0.3) is 0 Å². The zero-order valence-electron chi connectivity index (χ0n) is 14.2. The van der Waals surface area contributed by atoms with Gasteiger partial charge in [0.1, 0.15) is 0 Å². The van der Waals surface area contributed by atoms with Crippen LogP contribution < -0.4 is 20.1 Å². The second-order valence-electron chi connectivity index (χ2n) is 6.01. The molecule has 3 amide bonds. The van der Waals surface area contributed by atoms with Gasteiger partial charge in [0, 0.05) is 24.0 Å². The number of amides is 3. The molecule has 2 aliphatic rings. The molecule has 1 fully saturated rings. The van der Waals surface area contributed by atoms with E-state index in [1.165, 1.54) is 16.2 Å². The summed E-state index contributed by atoms with van der Waals surface area (Å²) in [4.78, 5) is 41.8. The second-order valence-corrected chi connectivity index (χ2v) is 6.87. The van der Waals surface area contributed by atoms with Gasteiger partial charge < -0.3 is 19.7 Å². The van der Waals surface area contributed by atoms with Gasteiger partial charge in [0.15, 0.2) is 16.6 Å². The molecule has 10 heteroatoms. The number of benzene rings is 1. The zero-order chi connectivity index (χ0) is 18.8. The van der Waals surface area contributed by atoms with E-state index in [1.807, 2.05) is 0 Å². The number of nitrogens with one attached hydrogen (secondary N) is 2. The molecule has 0 spiro atoms. The second kappa shape index (κ2) is 7.23. The van der Waals surface area contributed by atoms with Crippen LogP contribution in [0.2, 0.25) is 0 Å². The van der Waals surface area contributed by atoms with Crippen molar-refractivity contribution in [3.63, 3.8) is 0 Å². The maximum atomic E-state index is 12.4. The van der Waals surface area contributed by atoms with Crippen LogP contribution in [0.3, 0.4) is 0 Å². The molecular formula is C17H16N4O5S. The first-order valence-electron chi connectivity index (χ1n) is 8.28. The lowest BCUT2D eigenvalue weighted by molar-refractivity contribution is -0.137. The lowest BCUT2D eigenvalue weighted by atomic mass is 10.2. The standard InChI is InChI=1S/C17H16N4O5S/c22-14-7-21(4-3-18-14)15(23)6-11-8-27-17(19-11)20-16(24)10-1-2-12-13(5-10)26-9-25-12/h1-2,5,8H,3-4,6-7,9H2,(H,18,22)(H,19,20,24). The van der Waals surface area contributed by atoms with E-state index in [9.17, 15) is 14.4 Å². The maximum Gasteiger partial charge on any atom is 0.257 e. The van der Waals surface area contributed by atoms with Crippen LogP contribution in [0.4, 0.5) is 5.13 Å². The predicted molar refractivity (Wildman–Crippen MR) is 95.9 cm³/mol. The minimum absolute atomic E-state index is 0.0661. The van der Waals surface area contributed by atoms with Crippen molar-refractivity contribution in [2.45, 2.75) is 6.42 Å². The summed E-state index contributed by atoms with van der Waals surface area (Å²) in [6.45, 7) is 1.15. The average molecular weight is 388 g/mol. The number of aromatic nitrogens is 1. The third-order valence-electron chi connectivity index (χ3n) is 4.13. The normalized spacial score (nSPS) is 15.4. The molecule has 2 N–H and O–H groups in total. The highest BCUT2D eigenvalue weighted by Gasteiger charge is 2.22. The fraction of sp³-hybridized carbons (Fsp3) is 0.294. The summed E-state index contributed by atoms with van der Waals surface area (Å²) in [6, 6.07) is 4.93. The Hall–Kier alpha value is -3.14. The van der Waals surface area contributed by atoms with E-state index in [4.69, 9.17) is 9.47 Å². The van der Waals surface area contributed by atoms with Crippen LogP contribution in [0.5, 0.6) is 11.5 Å². The van der Waals surface area contributed by atoms with Gasteiger partial charge in [-0.1, -0.05) is 0 Å². The van der Waals surface area contributed by atoms with Crippen molar-refractivity contribution >= 4 is 34.2 Å². The molecule has 0 unspecified atom stereocenters. The van der Waals surface area contributed by atoms with Crippen LogP contribution in [-0.4, -0.2) is 54.0 Å². The van der Waals surface area contributed by atoms with Crippen LogP contribution >= 0.6 is 11.3 Å². The summed E-state index contributed by atoms with van der Waals surface area (Å²) in [5, 5.41) is 7.51. The molecule has 1 saturated heterocycles. The summed E-state index contributed by atoms with van der Waals surface area (Å²) in [7, 11) is 0. The Bertz CT molecular complexity index is 912. The third-order valence-corrected chi connectivity index (χ3v) is 4.94. The van der Waals surface area contributed by atoms with Crippen molar-refractivity contribution in [1.82, 2.24) is 15.2 Å². The van der Waals surface area contributed by atoms with E-state index < -0.39 is 0 Å². The van der Waals surface area contributed by atoms with Gasteiger partial charge in [0.25, 0.3) is 5.91 Å². The van der Waals surface area contributed by atoms with Gasteiger partial charge in [-0.2, -0.15) is 0 Å². The molecule has 0 aliphatic carbocycles.